The highest BCUT2D eigenvalue weighted by Crippen LogP contribution is 2.23. The predicted octanol–water partition coefficient (Wildman–Crippen LogP) is 4.15. The lowest BCUT2D eigenvalue weighted by molar-refractivity contribution is -0.118. The Balaban J connectivity index is 2.10. The van der Waals surface area contributed by atoms with Crippen molar-refractivity contribution >= 4 is 23.2 Å². The number of benzene rings is 2. The quantitative estimate of drug-likeness (QED) is 0.865. The van der Waals surface area contributed by atoms with Gasteiger partial charge >= 0.3 is 0 Å². The third-order valence-electron chi connectivity index (χ3n) is 3.79. The zero-order valence-electron chi connectivity index (χ0n) is 13.8. The van der Waals surface area contributed by atoms with E-state index in [-0.39, 0.29) is 11.3 Å². The largest absolute Gasteiger partial charge is 0.373 e. The highest BCUT2D eigenvalue weighted by atomic mass is 35.5. The molecular formula is C19H23ClN2O. The van der Waals surface area contributed by atoms with E-state index in [0.29, 0.717) is 11.4 Å². The highest BCUT2D eigenvalue weighted by molar-refractivity contribution is 6.30. The van der Waals surface area contributed by atoms with Crippen molar-refractivity contribution in [2.24, 2.45) is 5.73 Å². The Kier molecular flexibility index (Phi) is 5.32. The minimum absolute atomic E-state index is 0.114. The Bertz CT molecular complexity index is 657. The Morgan fingerprint density at radius 2 is 1.65 bits per heavy atom. The molecule has 0 bridgehead atoms. The lowest BCUT2D eigenvalue weighted by Crippen LogP contribution is -2.37. The average Bonchev–Trinajstić information content (AvgIpc) is 2.48. The van der Waals surface area contributed by atoms with E-state index in [1.165, 1.54) is 5.56 Å². The van der Waals surface area contributed by atoms with Gasteiger partial charge in [-0.05, 0) is 40.8 Å². The summed E-state index contributed by atoms with van der Waals surface area (Å²) in [7, 11) is 0. The number of nitrogens with two attached hydrogens (primary N) is 1. The first-order valence-corrected chi connectivity index (χ1v) is 8.04. The molecule has 122 valence electrons. The predicted molar refractivity (Wildman–Crippen MR) is 96.9 cm³/mol. The number of carbonyl (C=O) groups is 1. The SMILES string of the molecule is CC(C)(C)c1ccc(CC(Nc2ccc(Cl)cc2)C(N)=O)cc1. The maximum Gasteiger partial charge on any atom is 0.240 e. The number of nitrogens with one attached hydrogen (secondary N) is 1. The topological polar surface area (TPSA) is 55.1 Å². The van der Waals surface area contributed by atoms with Gasteiger partial charge in [0.1, 0.15) is 6.04 Å². The van der Waals surface area contributed by atoms with E-state index >= 15 is 0 Å². The number of hydrogen-bond donors (Lipinski definition) is 2. The first kappa shape index (κ1) is 17.4. The molecule has 0 heterocycles. The van der Waals surface area contributed by atoms with Crippen LogP contribution in [-0.4, -0.2) is 11.9 Å². The van der Waals surface area contributed by atoms with Gasteiger partial charge < -0.3 is 11.1 Å². The first-order valence-electron chi connectivity index (χ1n) is 7.66. The Hall–Kier alpha value is -2.00. The van der Waals surface area contributed by atoms with Crippen LogP contribution in [0.2, 0.25) is 5.02 Å². The van der Waals surface area contributed by atoms with Gasteiger partial charge in [-0.3, -0.25) is 4.79 Å². The lowest BCUT2D eigenvalue weighted by atomic mass is 9.86. The number of anilines is 1. The van der Waals surface area contributed by atoms with Crippen molar-refractivity contribution in [3.8, 4) is 0 Å². The van der Waals surface area contributed by atoms with Gasteiger partial charge in [-0.1, -0.05) is 56.6 Å². The molecule has 1 amide bonds. The molecule has 0 fully saturated rings. The molecule has 4 heteroatoms. The molecule has 1 atom stereocenters. The molecule has 0 aromatic heterocycles. The molecule has 0 aliphatic heterocycles. The van der Waals surface area contributed by atoms with E-state index in [1.807, 2.05) is 12.1 Å². The van der Waals surface area contributed by atoms with Gasteiger partial charge in [0, 0.05) is 17.1 Å². The first-order chi connectivity index (χ1) is 10.8. The fourth-order valence-electron chi connectivity index (χ4n) is 2.35. The van der Waals surface area contributed by atoms with E-state index in [1.54, 1.807) is 12.1 Å². The number of halogens is 1. The third kappa shape index (κ3) is 5.00. The van der Waals surface area contributed by atoms with Crippen LogP contribution >= 0.6 is 11.6 Å². The molecule has 0 spiro atoms. The second-order valence-corrected chi connectivity index (χ2v) is 7.19. The summed E-state index contributed by atoms with van der Waals surface area (Å²) in [6.45, 7) is 6.53. The molecule has 2 rings (SSSR count). The molecule has 0 aliphatic carbocycles. The number of primary amides is 1. The van der Waals surface area contributed by atoms with Gasteiger partial charge in [0.2, 0.25) is 5.91 Å². The third-order valence-corrected chi connectivity index (χ3v) is 4.04. The van der Waals surface area contributed by atoms with Gasteiger partial charge in [0.05, 0.1) is 0 Å². The molecule has 3 nitrogen and oxygen atoms in total. The van der Waals surface area contributed by atoms with Crippen LogP contribution in [0.1, 0.15) is 31.9 Å². The summed E-state index contributed by atoms with van der Waals surface area (Å²) >= 11 is 5.87. The fraction of sp³-hybridized carbons (Fsp3) is 0.316. The number of carbonyl (C=O) groups excluding carboxylic acids is 1. The highest BCUT2D eigenvalue weighted by Gasteiger charge is 2.17. The van der Waals surface area contributed by atoms with Crippen LogP contribution in [0.5, 0.6) is 0 Å². The normalized spacial score (nSPS) is 12.7. The van der Waals surface area contributed by atoms with E-state index in [0.717, 1.165) is 11.3 Å². The Labute approximate surface area is 142 Å². The van der Waals surface area contributed by atoms with Crippen molar-refractivity contribution < 1.29 is 4.79 Å². The van der Waals surface area contributed by atoms with Gasteiger partial charge in [0.25, 0.3) is 0 Å². The second-order valence-electron chi connectivity index (χ2n) is 6.76. The average molecular weight is 331 g/mol. The maximum atomic E-state index is 11.7. The minimum atomic E-state index is -0.461. The maximum absolute atomic E-state index is 11.7. The van der Waals surface area contributed by atoms with E-state index in [2.05, 4.69) is 50.4 Å². The number of rotatable bonds is 5. The molecule has 23 heavy (non-hydrogen) atoms. The van der Waals surface area contributed by atoms with Crippen LogP contribution in [0.3, 0.4) is 0 Å². The summed E-state index contributed by atoms with van der Waals surface area (Å²) in [6, 6.07) is 15.1. The van der Waals surface area contributed by atoms with Gasteiger partial charge in [-0.2, -0.15) is 0 Å². The molecule has 1 unspecified atom stereocenters. The van der Waals surface area contributed by atoms with Crippen LogP contribution in [0.4, 0.5) is 5.69 Å². The molecule has 3 N–H and O–H groups in total. The molecule has 0 aliphatic rings. The minimum Gasteiger partial charge on any atom is -0.373 e. The van der Waals surface area contributed by atoms with Crippen LogP contribution in [-0.2, 0) is 16.6 Å². The standard InChI is InChI=1S/C19H23ClN2O/c1-19(2,3)14-6-4-13(5-7-14)12-17(18(21)23)22-16-10-8-15(20)9-11-16/h4-11,17,22H,12H2,1-3H3,(H2,21,23). The molecule has 0 radical (unpaired) electrons. The van der Waals surface area contributed by atoms with Gasteiger partial charge in [0.15, 0.2) is 0 Å². The summed E-state index contributed by atoms with van der Waals surface area (Å²) in [4.78, 5) is 11.7. The molecule has 0 saturated heterocycles. The Morgan fingerprint density at radius 1 is 1.09 bits per heavy atom. The fourth-order valence-corrected chi connectivity index (χ4v) is 2.47. The summed E-state index contributed by atoms with van der Waals surface area (Å²) in [5, 5.41) is 3.82. The number of hydrogen-bond acceptors (Lipinski definition) is 2. The van der Waals surface area contributed by atoms with Gasteiger partial charge in [-0.15, -0.1) is 0 Å². The van der Waals surface area contributed by atoms with Crippen molar-refractivity contribution in [2.75, 3.05) is 5.32 Å². The lowest BCUT2D eigenvalue weighted by Gasteiger charge is -2.20. The van der Waals surface area contributed by atoms with Crippen LogP contribution < -0.4 is 11.1 Å². The molecule has 2 aromatic carbocycles. The monoisotopic (exact) mass is 330 g/mol. The van der Waals surface area contributed by atoms with Crippen LogP contribution in [0, 0.1) is 0 Å². The second kappa shape index (κ2) is 7.05. The van der Waals surface area contributed by atoms with Gasteiger partial charge in [-0.25, -0.2) is 0 Å². The van der Waals surface area contributed by atoms with Crippen LogP contribution in [0.15, 0.2) is 48.5 Å². The van der Waals surface area contributed by atoms with Crippen molar-refractivity contribution in [2.45, 2.75) is 38.6 Å². The van der Waals surface area contributed by atoms with Crippen molar-refractivity contribution in [3.63, 3.8) is 0 Å². The molecular weight excluding hydrogens is 308 g/mol. The molecule has 0 saturated carbocycles. The summed E-state index contributed by atoms with van der Waals surface area (Å²) in [5.41, 5.74) is 8.81. The van der Waals surface area contributed by atoms with Crippen LogP contribution in [0.25, 0.3) is 0 Å². The molecule has 2 aromatic rings. The van der Waals surface area contributed by atoms with Crippen molar-refractivity contribution in [1.82, 2.24) is 0 Å². The summed E-state index contributed by atoms with van der Waals surface area (Å²) in [6.07, 6.45) is 0.544. The summed E-state index contributed by atoms with van der Waals surface area (Å²) < 4.78 is 0. The van der Waals surface area contributed by atoms with E-state index in [4.69, 9.17) is 17.3 Å². The smallest absolute Gasteiger partial charge is 0.240 e. The zero-order valence-corrected chi connectivity index (χ0v) is 14.5. The van der Waals surface area contributed by atoms with Crippen molar-refractivity contribution in [3.05, 3.63) is 64.7 Å². The van der Waals surface area contributed by atoms with E-state index < -0.39 is 6.04 Å². The van der Waals surface area contributed by atoms with E-state index in [9.17, 15) is 4.79 Å². The zero-order chi connectivity index (χ0) is 17.0. The summed E-state index contributed by atoms with van der Waals surface area (Å²) in [5.74, 6) is -0.375. The van der Waals surface area contributed by atoms with Crippen molar-refractivity contribution in [1.29, 1.82) is 0 Å². The Morgan fingerprint density at radius 3 is 2.13 bits per heavy atom. The number of amides is 1.